The molecule has 0 aromatic carbocycles. The van der Waals surface area contributed by atoms with Gasteiger partial charge in [-0.1, -0.05) is 0 Å². The standard InChI is InChI=1S/C11H11N5/c12-8-10-2-3-11(14-9-10)13-5-7-16-6-1-4-15-16/h1-4,6,9H,5,7H2,(H,13,14). The maximum absolute atomic E-state index is 8.61. The molecule has 0 amide bonds. The van der Waals surface area contributed by atoms with Crippen LogP contribution in [0.1, 0.15) is 5.56 Å². The van der Waals surface area contributed by atoms with E-state index in [1.54, 1.807) is 24.5 Å². The number of pyridine rings is 1. The SMILES string of the molecule is N#Cc1ccc(NCCn2cccn2)nc1. The van der Waals surface area contributed by atoms with Crippen molar-refractivity contribution in [1.82, 2.24) is 14.8 Å². The van der Waals surface area contributed by atoms with Crippen LogP contribution in [-0.2, 0) is 6.54 Å². The Bertz CT molecular complexity index is 466. The molecule has 1 N–H and O–H groups in total. The second-order valence-corrected chi connectivity index (χ2v) is 3.24. The molecule has 0 unspecified atom stereocenters. The lowest BCUT2D eigenvalue weighted by atomic mass is 10.3. The topological polar surface area (TPSA) is 66.5 Å². The molecular weight excluding hydrogens is 202 g/mol. The van der Waals surface area contributed by atoms with Crippen molar-refractivity contribution in [3.8, 4) is 6.07 Å². The maximum Gasteiger partial charge on any atom is 0.126 e. The quantitative estimate of drug-likeness (QED) is 0.830. The Morgan fingerprint density at radius 3 is 3.00 bits per heavy atom. The van der Waals surface area contributed by atoms with Gasteiger partial charge in [-0.25, -0.2) is 4.98 Å². The third-order valence-electron chi connectivity index (χ3n) is 2.10. The fourth-order valence-electron chi connectivity index (χ4n) is 1.30. The average molecular weight is 213 g/mol. The second-order valence-electron chi connectivity index (χ2n) is 3.24. The predicted molar refractivity (Wildman–Crippen MR) is 59.7 cm³/mol. The Morgan fingerprint density at radius 2 is 2.38 bits per heavy atom. The lowest BCUT2D eigenvalue weighted by molar-refractivity contribution is 0.637. The van der Waals surface area contributed by atoms with Crippen LogP contribution in [0.15, 0.2) is 36.8 Å². The van der Waals surface area contributed by atoms with Crippen LogP contribution < -0.4 is 5.32 Å². The van der Waals surface area contributed by atoms with Crippen LogP contribution in [0.4, 0.5) is 5.82 Å². The molecule has 0 atom stereocenters. The highest BCUT2D eigenvalue weighted by molar-refractivity contribution is 5.38. The van der Waals surface area contributed by atoms with E-state index in [0.29, 0.717) is 5.56 Å². The first-order valence-corrected chi connectivity index (χ1v) is 4.96. The summed E-state index contributed by atoms with van der Waals surface area (Å²) < 4.78 is 1.84. The van der Waals surface area contributed by atoms with Gasteiger partial charge in [0.2, 0.25) is 0 Å². The molecule has 2 aromatic rings. The van der Waals surface area contributed by atoms with Crippen LogP contribution in [0.25, 0.3) is 0 Å². The van der Waals surface area contributed by atoms with Gasteiger partial charge in [-0.3, -0.25) is 4.68 Å². The number of aromatic nitrogens is 3. The number of anilines is 1. The van der Waals surface area contributed by atoms with Crippen molar-refractivity contribution in [3.63, 3.8) is 0 Å². The van der Waals surface area contributed by atoms with Crippen molar-refractivity contribution in [2.75, 3.05) is 11.9 Å². The van der Waals surface area contributed by atoms with Gasteiger partial charge in [-0.2, -0.15) is 10.4 Å². The molecule has 0 aliphatic rings. The number of nitriles is 1. The van der Waals surface area contributed by atoms with E-state index in [1.165, 1.54) is 0 Å². The number of hydrogen-bond donors (Lipinski definition) is 1. The summed E-state index contributed by atoms with van der Waals surface area (Å²) in [6, 6.07) is 7.45. The normalized spacial score (nSPS) is 9.69. The summed E-state index contributed by atoms with van der Waals surface area (Å²) in [6.07, 6.45) is 5.21. The van der Waals surface area contributed by atoms with Gasteiger partial charge < -0.3 is 5.32 Å². The van der Waals surface area contributed by atoms with Gasteiger partial charge in [0, 0.05) is 25.1 Å². The van der Waals surface area contributed by atoms with Crippen LogP contribution in [0.3, 0.4) is 0 Å². The minimum Gasteiger partial charge on any atom is -0.368 e. The number of nitrogens with one attached hydrogen (secondary N) is 1. The van der Waals surface area contributed by atoms with Crippen LogP contribution in [-0.4, -0.2) is 21.3 Å². The Morgan fingerprint density at radius 1 is 1.44 bits per heavy atom. The van der Waals surface area contributed by atoms with E-state index in [-0.39, 0.29) is 0 Å². The number of nitrogens with zero attached hydrogens (tertiary/aromatic N) is 4. The predicted octanol–water partition coefficient (Wildman–Crippen LogP) is 1.26. The minimum absolute atomic E-state index is 0.567. The van der Waals surface area contributed by atoms with Crippen molar-refractivity contribution in [3.05, 3.63) is 42.4 Å². The van der Waals surface area contributed by atoms with E-state index in [1.807, 2.05) is 23.0 Å². The van der Waals surface area contributed by atoms with Crippen molar-refractivity contribution in [1.29, 1.82) is 5.26 Å². The van der Waals surface area contributed by atoms with Gasteiger partial charge in [0.15, 0.2) is 0 Å². The Kier molecular flexibility index (Phi) is 3.14. The zero-order valence-corrected chi connectivity index (χ0v) is 8.67. The Hall–Kier alpha value is -2.35. The van der Waals surface area contributed by atoms with E-state index in [9.17, 15) is 0 Å². The van der Waals surface area contributed by atoms with Gasteiger partial charge >= 0.3 is 0 Å². The monoisotopic (exact) mass is 213 g/mol. The van der Waals surface area contributed by atoms with Crippen molar-refractivity contribution < 1.29 is 0 Å². The van der Waals surface area contributed by atoms with Crippen molar-refractivity contribution in [2.45, 2.75) is 6.54 Å². The Labute approximate surface area is 93.4 Å². The highest BCUT2D eigenvalue weighted by Crippen LogP contribution is 2.03. The summed E-state index contributed by atoms with van der Waals surface area (Å²) in [5.41, 5.74) is 0.567. The van der Waals surface area contributed by atoms with Crippen molar-refractivity contribution >= 4 is 5.82 Å². The summed E-state index contributed by atoms with van der Waals surface area (Å²) in [5.74, 6) is 0.770. The summed E-state index contributed by atoms with van der Waals surface area (Å²) >= 11 is 0. The molecular formula is C11H11N5. The van der Waals surface area contributed by atoms with Crippen LogP contribution in [0.5, 0.6) is 0 Å². The summed E-state index contributed by atoms with van der Waals surface area (Å²) in [4.78, 5) is 4.11. The molecule has 5 nitrogen and oxygen atoms in total. The molecule has 0 radical (unpaired) electrons. The lowest BCUT2D eigenvalue weighted by Crippen LogP contribution is -2.11. The van der Waals surface area contributed by atoms with Gasteiger partial charge in [0.25, 0.3) is 0 Å². The highest BCUT2D eigenvalue weighted by Gasteiger charge is 1.95. The minimum atomic E-state index is 0.567. The van der Waals surface area contributed by atoms with Gasteiger partial charge in [0.05, 0.1) is 12.1 Å². The summed E-state index contributed by atoms with van der Waals surface area (Å²) in [6.45, 7) is 1.54. The first kappa shape index (κ1) is 10.2. The van der Waals surface area contributed by atoms with E-state index < -0.39 is 0 Å². The smallest absolute Gasteiger partial charge is 0.126 e. The third-order valence-corrected chi connectivity index (χ3v) is 2.10. The fraction of sp³-hybridized carbons (Fsp3) is 0.182. The van der Waals surface area contributed by atoms with E-state index in [0.717, 1.165) is 18.9 Å². The average Bonchev–Trinajstić information content (AvgIpc) is 2.83. The zero-order valence-electron chi connectivity index (χ0n) is 8.67. The zero-order chi connectivity index (χ0) is 11.2. The van der Waals surface area contributed by atoms with Crippen molar-refractivity contribution in [2.24, 2.45) is 0 Å². The van der Waals surface area contributed by atoms with E-state index in [4.69, 9.17) is 5.26 Å². The molecule has 0 bridgehead atoms. The molecule has 0 saturated carbocycles. The molecule has 0 fully saturated rings. The molecule has 0 saturated heterocycles. The fourth-order valence-corrected chi connectivity index (χ4v) is 1.30. The van der Waals surface area contributed by atoms with E-state index >= 15 is 0 Å². The molecule has 2 heterocycles. The molecule has 2 aromatic heterocycles. The second kappa shape index (κ2) is 4.94. The lowest BCUT2D eigenvalue weighted by Gasteiger charge is -2.05. The van der Waals surface area contributed by atoms with Crippen LogP contribution in [0, 0.1) is 11.3 Å². The summed E-state index contributed by atoms with van der Waals surface area (Å²) in [5, 5.41) is 15.8. The molecule has 2 rings (SSSR count). The molecule has 5 heteroatoms. The van der Waals surface area contributed by atoms with Crippen LogP contribution in [0.2, 0.25) is 0 Å². The number of hydrogen-bond acceptors (Lipinski definition) is 4. The maximum atomic E-state index is 8.61. The first-order chi connectivity index (χ1) is 7.88. The van der Waals surface area contributed by atoms with E-state index in [2.05, 4.69) is 15.4 Å². The third kappa shape index (κ3) is 2.58. The molecule has 0 aliphatic carbocycles. The van der Waals surface area contributed by atoms with Crippen LogP contribution >= 0.6 is 0 Å². The van der Waals surface area contributed by atoms with Gasteiger partial charge in [-0.15, -0.1) is 0 Å². The highest BCUT2D eigenvalue weighted by atomic mass is 15.3. The first-order valence-electron chi connectivity index (χ1n) is 4.96. The summed E-state index contributed by atoms with van der Waals surface area (Å²) in [7, 11) is 0. The largest absolute Gasteiger partial charge is 0.368 e. The number of rotatable bonds is 4. The Balaban J connectivity index is 1.83. The molecule has 80 valence electrons. The molecule has 16 heavy (non-hydrogen) atoms. The molecule has 0 aliphatic heterocycles. The molecule has 0 spiro atoms. The van der Waals surface area contributed by atoms with Gasteiger partial charge in [0.1, 0.15) is 11.9 Å². The van der Waals surface area contributed by atoms with Gasteiger partial charge in [-0.05, 0) is 18.2 Å².